The largest absolute Gasteiger partial charge is 0.478 e. The molecule has 0 fully saturated rings. The van der Waals surface area contributed by atoms with Gasteiger partial charge in [-0.2, -0.15) is 0 Å². The minimum atomic E-state index is -0.984. The van der Waals surface area contributed by atoms with Crippen LogP contribution >= 0.6 is 0 Å². The van der Waals surface area contributed by atoms with E-state index in [9.17, 15) is 4.79 Å². The second kappa shape index (κ2) is 12.3. The molecule has 5 N–H and O–H groups in total. The molecule has 4 aromatic carbocycles. The van der Waals surface area contributed by atoms with Crippen LogP contribution in [-0.4, -0.2) is 11.1 Å². The van der Waals surface area contributed by atoms with Gasteiger partial charge in [-0.15, -0.1) is 0 Å². The SMILES string of the molecule is Cc1ccc(CCc2ccccc2)cc1N.Nc1cc(CCc2ccccc2)ccc1C(=O)O. The molecule has 0 bridgehead atoms. The van der Waals surface area contributed by atoms with Gasteiger partial charge in [0.1, 0.15) is 0 Å². The molecule has 0 saturated carbocycles. The molecule has 0 aliphatic rings. The summed E-state index contributed by atoms with van der Waals surface area (Å²) < 4.78 is 0. The number of rotatable bonds is 7. The summed E-state index contributed by atoms with van der Waals surface area (Å²) in [6.07, 6.45) is 3.90. The third kappa shape index (κ3) is 7.52. The van der Waals surface area contributed by atoms with Gasteiger partial charge in [-0.1, -0.05) is 78.9 Å². The Labute approximate surface area is 201 Å². The third-order valence-corrected chi connectivity index (χ3v) is 5.78. The van der Waals surface area contributed by atoms with Gasteiger partial charge in [0.05, 0.1) is 5.56 Å². The molecule has 4 rings (SSSR count). The quantitative estimate of drug-likeness (QED) is 0.295. The highest BCUT2D eigenvalue weighted by molar-refractivity contribution is 5.93. The lowest BCUT2D eigenvalue weighted by atomic mass is 10.0. The molecule has 0 heterocycles. The van der Waals surface area contributed by atoms with Crippen LogP contribution in [0.5, 0.6) is 0 Å². The highest BCUT2D eigenvalue weighted by atomic mass is 16.4. The minimum absolute atomic E-state index is 0.165. The maximum absolute atomic E-state index is 10.8. The number of hydrogen-bond donors (Lipinski definition) is 3. The first-order valence-electron chi connectivity index (χ1n) is 11.5. The summed E-state index contributed by atoms with van der Waals surface area (Å²) in [6, 6.07) is 32.2. The molecule has 174 valence electrons. The van der Waals surface area contributed by atoms with Crippen LogP contribution in [0.3, 0.4) is 0 Å². The van der Waals surface area contributed by atoms with Gasteiger partial charge in [-0.25, -0.2) is 4.79 Å². The van der Waals surface area contributed by atoms with E-state index in [1.807, 2.05) is 37.3 Å². The van der Waals surface area contributed by atoms with Crippen molar-refractivity contribution in [3.63, 3.8) is 0 Å². The second-order valence-corrected chi connectivity index (χ2v) is 8.39. The number of aromatic carboxylic acids is 1. The molecule has 4 nitrogen and oxygen atoms in total. The van der Waals surface area contributed by atoms with Crippen molar-refractivity contribution in [2.75, 3.05) is 11.5 Å². The average molecular weight is 453 g/mol. The molecule has 0 aliphatic heterocycles. The molecular weight excluding hydrogens is 420 g/mol. The van der Waals surface area contributed by atoms with Crippen molar-refractivity contribution in [2.45, 2.75) is 32.6 Å². The standard InChI is InChI=1S/C15H15NO2.C15H17N/c16-14-10-12(8-9-13(14)15(17)18)7-6-11-4-2-1-3-5-11;1-12-7-8-14(11-15(12)16)10-9-13-5-3-2-4-6-13/h1-5,8-10H,6-7,16H2,(H,17,18);2-8,11H,9-10,16H2,1H3. The number of aryl methyl sites for hydroxylation is 5. The molecule has 0 aromatic heterocycles. The van der Waals surface area contributed by atoms with Gasteiger partial charge in [0.25, 0.3) is 0 Å². The lowest BCUT2D eigenvalue weighted by Gasteiger charge is -2.05. The van der Waals surface area contributed by atoms with Gasteiger partial charge in [0.2, 0.25) is 0 Å². The van der Waals surface area contributed by atoms with Gasteiger partial charge in [-0.3, -0.25) is 0 Å². The first-order chi connectivity index (χ1) is 16.4. The van der Waals surface area contributed by atoms with Crippen LogP contribution in [-0.2, 0) is 25.7 Å². The molecule has 0 aliphatic carbocycles. The topological polar surface area (TPSA) is 89.3 Å². The van der Waals surface area contributed by atoms with E-state index in [0.29, 0.717) is 5.69 Å². The Kier molecular flexibility index (Phi) is 8.87. The van der Waals surface area contributed by atoms with Crippen molar-refractivity contribution in [1.29, 1.82) is 0 Å². The molecule has 0 saturated heterocycles. The van der Waals surface area contributed by atoms with Gasteiger partial charge in [-0.05, 0) is 78.6 Å². The zero-order valence-corrected chi connectivity index (χ0v) is 19.6. The Morgan fingerprint density at radius 2 is 1.06 bits per heavy atom. The van der Waals surface area contributed by atoms with Crippen LogP contribution in [0.1, 0.15) is 38.2 Å². The molecule has 0 radical (unpaired) electrons. The van der Waals surface area contributed by atoms with E-state index in [-0.39, 0.29) is 5.56 Å². The van der Waals surface area contributed by atoms with Crippen LogP contribution in [0, 0.1) is 6.92 Å². The van der Waals surface area contributed by atoms with E-state index in [0.717, 1.165) is 42.5 Å². The zero-order valence-electron chi connectivity index (χ0n) is 19.6. The fourth-order valence-electron chi connectivity index (χ4n) is 3.67. The Hall–Kier alpha value is -4.05. The number of carbonyl (C=O) groups is 1. The van der Waals surface area contributed by atoms with Gasteiger partial charge in [0, 0.05) is 11.4 Å². The molecule has 0 atom stereocenters. The summed E-state index contributed by atoms with van der Waals surface area (Å²) in [6.45, 7) is 2.04. The maximum Gasteiger partial charge on any atom is 0.337 e. The number of hydrogen-bond acceptors (Lipinski definition) is 3. The summed E-state index contributed by atoms with van der Waals surface area (Å²) >= 11 is 0. The fraction of sp³-hybridized carbons (Fsp3) is 0.167. The minimum Gasteiger partial charge on any atom is -0.478 e. The van der Waals surface area contributed by atoms with Gasteiger partial charge >= 0.3 is 5.97 Å². The van der Waals surface area contributed by atoms with E-state index in [1.54, 1.807) is 12.1 Å². The number of anilines is 2. The van der Waals surface area contributed by atoms with Crippen LogP contribution in [0.4, 0.5) is 11.4 Å². The fourth-order valence-corrected chi connectivity index (χ4v) is 3.67. The molecule has 34 heavy (non-hydrogen) atoms. The summed E-state index contributed by atoms with van der Waals surface area (Å²) in [5.74, 6) is -0.984. The number of nitrogen functional groups attached to an aromatic ring is 2. The second-order valence-electron chi connectivity index (χ2n) is 8.39. The van der Waals surface area contributed by atoms with Crippen molar-refractivity contribution in [3.05, 3.63) is 130 Å². The maximum atomic E-state index is 10.8. The number of carboxylic acid groups (broad SMARTS) is 1. The lowest BCUT2D eigenvalue weighted by molar-refractivity contribution is 0.0698. The summed E-state index contributed by atoms with van der Waals surface area (Å²) in [5.41, 5.74) is 19.1. The first-order valence-corrected chi connectivity index (χ1v) is 11.5. The normalized spacial score (nSPS) is 10.3. The Morgan fingerprint density at radius 3 is 1.50 bits per heavy atom. The number of carboxylic acids is 1. The van der Waals surface area contributed by atoms with E-state index in [1.165, 1.54) is 16.7 Å². The van der Waals surface area contributed by atoms with Crippen molar-refractivity contribution < 1.29 is 9.90 Å². The Balaban J connectivity index is 0.000000192. The smallest absolute Gasteiger partial charge is 0.337 e. The van der Waals surface area contributed by atoms with E-state index >= 15 is 0 Å². The average Bonchev–Trinajstić information content (AvgIpc) is 2.85. The molecule has 4 aromatic rings. The molecule has 0 amide bonds. The van der Waals surface area contributed by atoms with Crippen molar-refractivity contribution in [1.82, 2.24) is 0 Å². The molecule has 4 heteroatoms. The van der Waals surface area contributed by atoms with E-state index in [2.05, 4.69) is 54.6 Å². The van der Waals surface area contributed by atoms with Crippen molar-refractivity contribution >= 4 is 17.3 Å². The predicted octanol–water partition coefficient (Wildman–Crippen LogP) is 6.11. The van der Waals surface area contributed by atoms with Crippen LogP contribution in [0.15, 0.2) is 97.1 Å². The van der Waals surface area contributed by atoms with Crippen LogP contribution in [0.25, 0.3) is 0 Å². The van der Waals surface area contributed by atoms with E-state index in [4.69, 9.17) is 16.6 Å². The first kappa shape index (κ1) is 24.6. The zero-order chi connectivity index (χ0) is 24.3. The number of nitrogens with two attached hydrogens (primary N) is 2. The summed E-state index contributed by atoms with van der Waals surface area (Å²) in [7, 11) is 0. The van der Waals surface area contributed by atoms with Gasteiger partial charge in [0.15, 0.2) is 0 Å². The molecule has 0 unspecified atom stereocenters. The predicted molar refractivity (Wildman–Crippen MR) is 141 cm³/mol. The van der Waals surface area contributed by atoms with E-state index < -0.39 is 5.97 Å². The van der Waals surface area contributed by atoms with Gasteiger partial charge < -0.3 is 16.6 Å². The van der Waals surface area contributed by atoms with Crippen molar-refractivity contribution in [2.24, 2.45) is 0 Å². The summed E-state index contributed by atoms with van der Waals surface area (Å²) in [5, 5.41) is 8.88. The number of benzene rings is 4. The van der Waals surface area contributed by atoms with Crippen molar-refractivity contribution in [3.8, 4) is 0 Å². The lowest BCUT2D eigenvalue weighted by Crippen LogP contribution is -2.03. The Morgan fingerprint density at radius 1 is 0.618 bits per heavy atom. The third-order valence-electron chi connectivity index (χ3n) is 5.78. The van der Waals surface area contributed by atoms with Crippen LogP contribution < -0.4 is 11.5 Å². The summed E-state index contributed by atoms with van der Waals surface area (Å²) in [4.78, 5) is 10.8. The highest BCUT2D eigenvalue weighted by Gasteiger charge is 2.07. The van der Waals surface area contributed by atoms with Crippen LogP contribution in [0.2, 0.25) is 0 Å². The monoisotopic (exact) mass is 452 g/mol. The highest BCUT2D eigenvalue weighted by Crippen LogP contribution is 2.17. The molecule has 0 spiro atoms. The Bertz CT molecular complexity index is 1210. The molecular formula is C30H32N2O2.